The van der Waals surface area contributed by atoms with Crippen molar-refractivity contribution in [2.75, 3.05) is 6.54 Å². The third-order valence-corrected chi connectivity index (χ3v) is 6.23. The predicted molar refractivity (Wildman–Crippen MR) is 132 cm³/mol. The van der Waals surface area contributed by atoms with Crippen molar-refractivity contribution in [2.24, 2.45) is 7.05 Å². The number of halogens is 2. The third-order valence-electron chi connectivity index (χ3n) is 5.98. The molecule has 0 fully saturated rings. The minimum absolute atomic E-state index is 0. The van der Waals surface area contributed by atoms with Gasteiger partial charge in [-0.15, -0.1) is 12.4 Å². The second-order valence-corrected chi connectivity index (χ2v) is 8.39. The Morgan fingerprint density at radius 1 is 1.09 bits per heavy atom. The maximum absolute atomic E-state index is 12.8. The highest BCUT2D eigenvalue weighted by atomic mass is 35.5. The number of nitrogens with zero attached hydrogens (tertiary/aromatic N) is 2. The monoisotopic (exact) mass is 469 g/mol. The number of hydrogen-bond donors (Lipinski definition) is 1. The number of fused-ring (bicyclic) bond motifs is 3. The molecular weight excluding hydrogens is 445 g/mol. The second-order valence-electron chi connectivity index (χ2n) is 7.95. The molecule has 0 bridgehead atoms. The Morgan fingerprint density at radius 3 is 2.69 bits per heavy atom. The first-order valence-electron chi connectivity index (χ1n) is 10.5. The van der Waals surface area contributed by atoms with Gasteiger partial charge in [-0.3, -0.25) is 9.36 Å². The molecule has 0 atom stereocenters. The van der Waals surface area contributed by atoms with E-state index in [0.717, 1.165) is 42.7 Å². The van der Waals surface area contributed by atoms with Crippen LogP contribution in [0.15, 0.2) is 65.6 Å². The fraction of sp³-hybridized carbons (Fsp3) is 0.240. The molecule has 0 saturated heterocycles. The van der Waals surface area contributed by atoms with Crippen molar-refractivity contribution in [3.05, 3.63) is 93.0 Å². The predicted octanol–water partition coefficient (Wildman–Crippen LogP) is 5.02. The molecule has 0 amide bonds. The van der Waals surface area contributed by atoms with Crippen LogP contribution >= 0.6 is 24.0 Å². The topological polar surface area (TPSA) is 48.2 Å². The lowest BCUT2D eigenvalue weighted by Gasteiger charge is -2.10. The summed E-state index contributed by atoms with van der Waals surface area (Å²) in [6, 6.07) is 17.1. The number of aromatic nitrogens is 2. The second kappa shape index (κ2) is 9.41. The van der Waals surface area contributed by atoms with Gasteiger partial charge in [-0.05, 0) is 60.8 Å². The largest absolute Gasteiger partial charge is 0.489 e. The summed E-state index contributed by atoms with van der Waals surface area (Å²) in [7, 11) is 2.12. The maximum Gasteiger partial charge on any atom is 0.258 e. The van der Waals surface area contributed by atoms with Crippen LogP contribution in [0.4, 0.5) is 0 Å². The standard InChI is InChI=1S/C25H24ClN3O2.ClH/c1-28-23-3-2-11-27-15-22(23)21-9-8-19(13-24(21)28)29-12-10-20(14-25(29)30)31-16-17-4-6-18(26)7-5-17;/h4-10,12-14,27H,2-3,11,15-16H2,1H3;1H. The minimum Gasteiger partial charge on any atom is -0.489 e. The van der Waals surface area contributed by atoms with Gasteiger partial charge in [-0.2, -0.15) is 0 Å². The third kappa shape index (κ3) is 4.29. The summed E-state index contributed by atoms with van der Waals surface area (Å²) < 4.78 is 9.72. The lowest BCUT2D eigenvalue weighted by Crippen LogP contribution is -2.16. The fourth-order valence-corrected chi connectivity index (χ4v) is 4.45. The van der Waals surface area contributed by atoms with Crippen LogP contribution in [-0.4, -0.2) is 15.7 Å². The van der Waals surface area contributed by atoms with E-state index < -0.39 is 0 Å². The summed E-state index contributed by atoms with van der Waals surface area (Å²) >= 11 is 5.92. The molecule has 0 radical (unpaired) electrons. The highest BCUT2D eigenvalue weighted by Crippen LogP contribution is 2.29. The van der Waals surface area contributed by atoms with Crippen molar-refractivity contribution < 1.29 is 4.74 Å². The number of nitrogens with one attached hydrogen (secondary N) is 1. The van der Waals surface area contributed by atoms with Gasteiger partial charge in [0, 0.05) is 42.0 Å². The van der Waals surface area contributed by atoms with E-state index in [0.29, 0.717) is 17.4 Å². The van der Waals surface area contributed by atoms with Crippen LogP contribution in [0.25, 0.3) is 16.6 Å². The molecule has 5 nitrogen and oxygen atoms in total. The van der Waals surface area contributed by atoms with Crippen molar-refractivity contribution >= 4 is 34.9 Å². The Kier molecular flexibility index (Phi) is 6.60. The zero-order valence-corrected chi connectivity index (χ0v) is 19.4. The van der Waals surface area contributed by atoms with Gasteiger partial charge >= 0.3 is 0 Å². The van der Waals surface area contributed by atoms with Gasteiger partial charge in [0.05, 0.1) is 11.2 Å². The van der Waals surface area contributed by atoms with Gasteiger partial charge in [0.1, 0.15) is 12.4 Å². The molecule has 1 aliphatic heterocycles. The molecular formula is C25H25Cl2N3O2. The van der Waals surface area contributed by atoms with Crippen molar-refractivity contribution in [2.45, 2.75) is 26.0 Å². The SMILES string of the molecule is Cl.Cn1c2c(c3ccc(-n4ccc(OCc5ccc(Cl)cc5)cc4=O)cc31)CNCCC2. The minimum atomic E-state index is -0.120. The zero-order valence-electron chi connectivity index (χ0n) is 17.8. The Bertz CT molecular complexity index is 1310. The molecule has 5 rings (SSSR count). The van der Waals surface area contributed by atoms with Crippen LogP contribution < -0.4 is 15.6 Å². The van der Waals surface area contributed by atoms with Gasteiger partial charge in [-0.1, -0.05) is 29.8 Å². The molecule has 0 saturated carbocycles. The Balaban J connectivity index is 0.00000245. The van der Waals surface area contributed by atoms with E-state index in [1.807, 2.05) is 36.4 Å². The van der Waals surface area contributed by atoms with E-state index in [1.54, 1.807) is 10.8 Å². The van der Waals surface area contributed by atoms with E-state index in [-0.39, 0.29) is 18.0 Å². The number of hydrogen-bond acceptors (Lipinski definition) is 3. The molecule has 4 aromatic rings. The van der Waals surface area contributed by atoms with Crippen molar-refractivity contribution in [3.63, 3.8) is 0 Å². The maximum atomic E-state index is 12.8. The Hall–Kier alpha value is -2.73. The van der Waals surface area contributed by atoms with Crippen LogP contribution in [0.5, 0.6) is 5.75 Å². The summed E-state index contributed by atoms with van der Waals surface area (Å²) in [6.45, 7) is 2.33. The van der Waals surface area contributed by atoms with E-state index in [1.165, 1.54) is 22.7 Å². The smallest absolute Gasteiger partial charge is 0.258 e. The van der Waals surface area contributed by atoms with Crippen LogP contribution in [0.3, 0.4) is 0 Å². The molecule has 1 aliphatic rings. The van der Waals surface area contributed by atoms with E-state index in [9.17, 15) is 4.79 Å². The van der Waals surface area contributed by atoms with Crippen molar-refractivity contribution in [1.29, 1.82) is 0 Å². The molecule has 32 heavy (non-hydrogen) atoms. The number of rotatable bonds is 4. The number of aryl methyl sites for hydroxylation is 1. The number of ether oxygens (including phenoxy) is 1. The van der Waals surface area contributed by atoms with Gasteiger partial charge in [0.15, 0.2) is 0 Å². The summed E-state index contributed by atoms with van der Waals surface area (Å²) in [5.41, 5.74) is 5.64. The first kappa shape index (κ1) is 22.5. The average molecular weight is 470 g/mol. The zero-order chi connectivity index (χ0) is 21.4. The Morgan fingerprint density at radius 2 is 1.91 bits per heavy atom. The Labute approximate surface area is 198 Å². The summed E-state index contributed by atoms with van der Waals surface area (Å²) in [4.78, 5) is 12.8. The van der Waals surface area contributed by atoms with Gasteiger partial charge in [0.25, 0.3) is 5.56 Å². The molecule has 166 valence electrons. The molecule has 0 spiro atoms. The summed E-state index contributed by atoms with van der Waals surface area (Å²) in [6.07, 6.45) is 3.99. The number of benzene rings is 2. The average Bonchev–Trinajstić information content (AvgIpc) is 2.93. The molecule has 1 N–H and O–H groups in total. The van der Waals surface area contributed by atoms with Crippen LogP contribution in [0.2, 0.25) is 5.02 Å². The first-order chi connectivity index (χ1) is 15.1. The van der Waals surface area contributed by atoms with Gasteiger partial charge < -0.3 is 14.6 Å². The molecule has 3 heterocycles. The lowest BCUT2D eigenvalue weighted by atomic mass is 10.1. The lowest BCUT2D eigenvalue weighted by molar-refractivity contribution is 0.305. The van der Waals surface area contributed by atoms with Crippen LogP contribution in [-0.2, 0) is 26.6 Å². The fourth-order valence-electron chi connectivity index (χ4n) is 4.33. The van der Waals surface area contributed by atoms with Crippen LogP contribution in [0.1, 0.15) is 23.2 Å². The van der Waals surface area contributed by atoms with E-state index >= 15 is 0 Å². The molecule has 2 aromatic heterocycles. The van der Waals surface area contributed by atoms with Gasteiger partial charge in [0.2, 0.25) is 0 Å². The van der Waals surface area contributed by atoms with Crippen molar-refractivity contribution in [1.82, 2.24) is 14.5 Å². The summed E-state index contributed by atoms with van der Waals surface area (Å²) in [5.74, 6) is 0.550. The van der Waals surface area contributed by atoms with Crippen molar-refractivity contribution in [3.8, 4) is 11.4 Å². The molecule has 2 aromatic carbocycles. The summed E-state index contributed by atoms with van der Waals surface area (Å²) in [5, 5.41) is 5.45. The molecule has 0 unspecified atom stereocenters. The van der Waals surface area contributed by atoms with E-state index in [2.05, 4.69) is 29.1 Å². The van der Waals surface area contributed by atoms with E-state index in [4.69, 9.17) is 16.3 Å². The highest BCUT2D eigenvalue weighted by Gasteiger charge is 2.17. The normalized spacial score (nSPS) is 13.3. The highest BCUT2D eigenvalue weighted by molar-refractivity contribution is 6.30. The molecule has 0 aliphatic carbocycles. The van der Waals surface area contributed by atoms with Crippen LogP contribution in [0, 0.1) is 0 Å². The quantitative estimate of drug-likeness (QED) is 0.456. The first-order valence-corrected chi connectivity index (χ1v) is 10.9. The van der Waals surface area contributed by atoms with Gasteiger partial charge in [-0.25, -0.2) is 0 Å². The molecule has 7 heteroatoms. The number of pyridine rings is 1.